The molecule has 3 atom stereocenters. The number of para-hydroxylation sites is 1. The van der Waals surface area contributed by atoms with Crippen LogP contribution in [0.25, 0.3) is 0 Å². The van der Waals surface area contributed by atoms with E-state index in [1.54, 1.807) is 7.11 Å². The van der Waals surface area contributed by atoms with Gasteiger partial charge in [-0.15, -0.1) is 11.6 Å². The summed E-state index contributed by atoms with van der Waals surface area (Å²) in [6, 6.07) is 5.79. The Balaban J connectivity index is 2.21. The van der Waals surface area contributed by atoms with Gasteiger partial charge in [0, 0.05) is 17.2 Å². The van der Waals surface area contributed by atoms with E-state index in [1.165, 1.54) is 0 Å². The third kappa shape index (κ3) is 2.23. The van der Waals surface area contributed by atoms with E-state index in [1.807, 2.05) is 18.2 Å². The summed E-state index contributed by atoms with van der Waals surface area (Å²) in [5, 5.41) is 0.195. The van der Waals surface area contributed by atoms with Gasteiger partial charge in [-0.3, -0.25) is 0 Å². The molecule has 0 spiro atoms. The maximum Gasteiger partial charge on any atom is 0.175 e. The van der Waals surface area contributed by atoms with Gasteiger partial charge in [-0.1, -0.05) is 19.9 Å². The molecule has 100 valence electrons. The second kappa shape index (κ2) is 5.30. The molecule has 1 saturated carbocycles. The highest BCUT2D eigenvalue weighted by Crippen LogP contribution is 2.50. The molecular formula is C14H18BrClO2. The molecule has 0 heterocycles. The first-order valence-electron chi connectivity index (χ1n) is 6.16. The summed E-state index contributed by atoms with van der Waals surface area (Å²) in [4.78, 5) is 0. The molecule has 3 unspecified atom stereocenters. The Morgan fingerprint density at radius 2 is 2.22 bits per heavy atom. The quantitative estimate of drug-likeness (QED) is 0.748. The molecule has 0 saturated heterocycles. The fraction of sp³-hybridized carbons (Fsp3) is 0.571. The van der Waals surface area contributed by atoms with Crippen molar-refractivity contribution in [3.8, 4) is 11.5 Å². The normalized spacial score (nSPS) is 30.7. The number of rotatable bonds is 4. The Bertz CT molecular complexity index is 438. The lowest BCUT2D eigenvalue weighted by Gasteiger charge is -2.50. The zero-order valence-corrected chi connectivity index (χ0v) is 13.2. The van der Waals surface area contributed by atoms with Gasteiger partial charge in [-0.05, 0) is 34.5 Å². The number of hydrogen-bond donors (Lipinski definition) is 0. The second-order valence-corrected chi connectivity index (χ2v) is 6.32. The Labute approximate surface area is 122 Å². The van der Waals surface area contributed by atoms with Gasteiger partial charge in [0.1, 0.15) is 6.10 Å². The van der Waals surface area contributed by atoms with Crippen molar-refractivity contribution in [2.45, 2.75) is 38.2 Å². The van der Waals surface area contributed by atoms with Gasteiger partial charge in [0.25, 0.3) is 0 Å². The highest BCUT2D eigenvalue weighted by atomic mass is 79.9. The molecular weight excluding hydrogens is 316 g/mol. The molecule has 4 heteroatoms. The summed E-state index contributed by atoms with van der Waals surface area (Å²) in [6.45, 7) is 4.34. The first-order valence-corrected chi connectivity index (χ1v) is 7.39. The third-order valence-electron chi connectivity index (χ3n) is 4.04. The van der Waals surface area contributed by atoms with Crippen LogP contribution in [-0.2, 0) is 0 Å². The van der Waals surface area contributed by atoms with Crippen molar-refractivity contribution >= 4 is 27.5 Å². The molecule has 0 N–H and O–H groups in total. The molecule has 0 bridgehead atoms. The lowest BCUT2D eigenvalue weighted by molar-refractivity contribution is -0.0311. The third-order valence-corrected chi connectivity index (χ3v) is 5.35. The number of hydrogen-bond acceptors (Lipinski definition) is 2. The summed E-state index contributed by atoms with van der Waals surface area (Å²) in [5.41, 5.74) is 0.0435. The lowest BCUT2D eigenvalue weighted by Crippen LogP contribution is -2.55. The highest BCUT2D eigenvalue weighted by Gasteiger charge is 2.51. The van der Waals surface area contributed by atoms with Gasteiger partial charge >= 0.3 is 0 Å². The first-order chi connectivity index (χ1) is 8.52. The van der Waals surface area contributed by atoms with Crippen LogP contribution in [0.5, 0.6) is 11.5 Å². The van der Waals surface area contributed by atoms with E-state index in [0.29, 0.717) is 0 Å². The molecule has 1 aromatic rings. The molecule has 18 heavy (non-hydrogen) atoms. The fourth-order valence-corrected chi connectivity index (χ4v) is 3.20. The van der Waals surface area contributed by atoms with Crippen molar-refractivity contribution in [1.82, 2.24) is 0 Å². The van der Waals surface area contributed by atoms with E-state index in [4.69, 9.17) is 21.1 Å². The van der Waals surface area contributed by atoms with Crippen LogP contribution < -0.4 is 9.47 Å². The average molecular weight is 334 g/mol. The van der Waals surface area contributed by atoms with Crippen molar-refractivity contribution in [3.05, 3.63) is 22.7 Å². The minimum atomic E-state index is 0.0435. The Morgan fingerprint density at radius 1 is 1.50 bits per heavy atom. The van der Waals surface area contributed by atoms with E-state index in [2.05, 4.69) is 29.8 Å². The SMILES string of the molecule is CCC1(C)C(Cl)CC1Oc1c(Br)cccc1OC. The molecule has 2 rings (SSSR count). The minimum absolute atomic E-state index is 0.0435. The maximum absolute atomic E-state index is 6.31. The summed E-state index contributed by atoms with van der Waals surface area (Å²) < 4.78 is 12.4. The minimum Gasteiger partial charge on any atom is -0.493 e. The summed E-state index contributed by atoms with van der Waals surface area (Å²) >= 11 is 9.81. The van der Waals surface area contributed by atoms with Gasteiger partial charge < -0.3 is 9.47 Å². The van der Waals surface area contributed by atoms with Crippen molar-refractivity contribution in [2.75, 3.05) is 7.11 Å². The van der Waals surface area contributed by atoms with E-state index in [9.17, 15) is 0 Å². The van der Waals surface area contributed by atoms with Gasteiger partial charge in [0.05, 0.1) is 11.6 Å². The molecule has 1 aliphatic rings. The van der Waals surface area contributed by atoms with Crippen LogP contribution in [0.1, 0.15) is 26.7 Å². The number of ether oxygens (including phenoxy) is 2. The van der Waals surface area contributed by atoms with Crippen LogP contribution in [0, 0.1) is 5.41 Å². The molecule has 1 fully saturated rings. The maximum atomic E-state index is 6.31. The molecule has 1 aliphatic carbocycles. The van der Waals surface area contributed by atoms with Crippen LogP contribution in [0.4, 0.5) is 0 Å². The van der Waals surface area contributed by atoms with Gasteiger partial charge in [-0.2, -0.15) is 0 Å². The molecule has 0 radical (unpaired) electrons. The zero-order chi connectivity index (χ0) is 13.3. The van der Waals surface area contributed by atoms with Crippen molar-refractivity contribution in [1.29, 1.82) is 0 Å². The smallest absolute Gasteiger partial charge is 0.175 e. The van der Waals surface area contributed by atoms with Crippen LogP contribution in [0.15, 0.2) is 22.7 Å². The van der Waals surface area contributed by atoms with Gasteiger partial charge in [0.15, 0.2) is 11.5 Å². The molecule has 0 amide bonds. The summed E-state index contributed by atoms with van der Waals surface area (Å²) in [5.74, 6) is 1.52. The first kappa shape index (κ1) is 14.0. The Kier molecular flexibility index (Phi) is 4.12. The fourth-order valence-electron chi connectivity index (χ4n) is 2.31. The number of halogens is 2. The average Bonchev–Trinajstić information content (AvgIpc) is 2.39. The predicted octanol–water partition coefficient (Wildman–Crippen LogP) is 4.63. The van der Waals surface area contributed by atoms with E-state index >= 15 is 0 Å². The van der Waals surface area contributed by atoms with Crippen LogP contribution in [-0.4, -0.2) is 18.6 Å². The van der Waals surface area contributed by atoms with Crippen LogP contribution >= 0.6 is 27.5 Å². The van der Waals surface area contributed by atoms with E-state index in [-0.39, 0.29) is 16.9 Å². The summed E-state index contributed by atoms with van der Waals surface area (Å²) in [7, 11) is 1.65. The molecule has 0 aromatic heterocycles. The number of benzene rings is 1. The van der Waals surface area contributed by atoms with Gasteiger partial charge in [0.2, 0.25) is 0 Å². The zero-order valence-electron chi connectivity index (χ0n) is 10.9. The highest BCUT2D eigenvalue weighted by molar-refractivity contribution is 9.10. The monoisotopic (exact) mass is 332 g/mol. The molecule has 2 nitrogen and oxygen atoms in total. The second-order valence-electron chi connectivity index (χ2n) is 4.94. The lowest BCUT2D eigenvalue weighted by atomic mass is 9.65. The van der Waals surface area contributed by atoms with Crippen molar-refractivity contribution in [2.24, 2.45) is 5.41 Å². The topological polar surface area (TPSA) is 18.5 Å². The summed E-state index contributed by atoms with van der Waals surface area (Å²) in [6.07, 6.45) is 2.05. The predicted molar refractivity (Wildman–Crippen MR) is 77.8 cm³/mol. The largest absolute Gasteiger partial charge is 0.493 e. The van der Waals surface area contributed by atoms with Gasteiger partial charge in [-0.25, -0.2) is 0 Å². The van der Waals surface area contributed by atoms with Crippen molar-refractivity contribution < 1.29 is 9.47 Å². The standard InChI is InChI=1S/C14H18BrClO2/c1-4-14(2)11(16)8-12(14)18-13-9(15)6-5-7-10(13)17-3/h5-7,11-12H,4,8H2,1-3H3. The molecule has 0 aliphatic heterocycles. The number of methoxy groups -OCH3 is 1. The number of alkyl halides is 1. The molecule has 1 aromatic carbocycles. The Hall–Kier alpha value is -0.410. The van der Waals surface area contributed by atoms with Crippen LogP contribution in [0.3, 0.4) is 0 Å². The van der Waals surface area contributed by atoms with Crippen LogP contribution in [0.2, 0.25) is 0 Å². The van der Waals surface area contributed by atoms with E-state index in [0.717, 1.165) is 28.8 Å². The Morgan fingerprint density at radius 3 is 2.78 bits per heavy atom. The van der Waals surface area contributed by atoms with Crippen molar-refractivity contribution in [3.63, 3.8) is 0 Å². The van der Waals surface area contributed by atoms with E-state index < -0.39 is 0 Å².